The van der Waals surface area contributed by atoms with E-state index in [4.69, 9.17) is 4.74 Å². The van der Waals surface area contributed by atoms with Crippen LogP contribution in [0.5, 0.6) is 5.88 Å². The Kier molecular flexibility index (Phi) is 7.68. The number of carbonyl (C=O) groups is 2. The van der Waals surface area contributed by atoms with Gasteiger partial charge in [-0.25, -0.2) is 4.98 Å². The summed E-state index contributed by atoms with van der Waals surface area (Å²) in [6.45, 7) is 4.97. The molecule has 36 heavy (non-hydrogen) atoms. The summed E-state index contributed by atoms with van der Waals surface area (Å²) in [6, 6.07) is 20.6. The van der Waals surface area contributed by atoms with E-state index >= 15 is 0 Å². The fourth-order valence-electron chi connectivity index (χ4n) is 4.64. The lowest BCUT2D eigenvalue weighted by atomic mass is 10.0. The van der Waals surface area contributed by atoms with Crippen molar-refractivity contribution in [3.8, 4) is 5.88 Å². The van der Waals surface area contributed by atoms with Crippen molar-refractivity contribution >= 4 is 28.4 Å². The third-order valence-electron chi connectivity index (χ3n) is 6.58. The molecule has 4 aromatic rings. The second kappa shape index (κ2) is 11.1. The van der Waals surface area contributed by atoms with Gasteiger partial charge >= 0.3 is 0 Å². The van der Waals surface area contributed by atoms with Crippen LogP contribution in [-0.2, 0) is 29.0 Å². The minimum Gasteiger partial charge on any atom is -0.481 e. The standard InChI is InChI=1S/C29H32N4O3/c1-5-33-20(2)24(23-13-9-10-14-26(23)33)18-27(34)31-25(17-21-11-7-6-8-12-21)29(35)32(3)22-15-16-28(36-4)30-19-22/h6-16,19,25H,5,17-18H2,1-4H3,(H,31,34)/t25-/m0/s1. The number of likely N-dealkylation sites (N-methyl/N-ethyl adjacent to an activating group) is 1. The van der Waals surface area contributed by atoms with E-state index in [1.807, 2.05) is 55.5 Å². The quantitative estimate of drug-likeness (QED) is 0.384. The molecule has 0 saturated heterocycles. The van der Waals surface area contributed by atoms with Gasteiger partial charge in [0.1, 0.15) is 6.04 Å². The fourth-order valence-corrected chi connectivity index (χ4v) is 4.64. The molecule has 2 amide bonds. The number of benzene rings is 2. The van der Waals surface area contributed by atoms with Gasteiger partial charge in [0.25, 0.3) is 0 Å². The van der Waals surface area contributed by atoms with Crippen molar-refractivity contribution in [3.63, 3.8) is 0 Å². The third kappa shape index (κ3) is 5.25. The maximum absolute atomic E-state index is 13.6. The second-order valence-corrected chi connectivity index (χ2v) is 8.77. The molecular weight excluding hydrogens is 452 g/mol. The van der Waals surface area contributed by atoms with E-state index in [9.17, 15) is 9.59 Å². The molecule has 7 heteroatoms. The van der Waals surface area contributed by atoms with Crippen molar-refractivity contribution < 1.29 is 14.3 Å². The Bertz CT molecular complexity index is 1350. The van der Waals surface area contributed by atoms with Gasteiger partial charge < -0.3 is 19.5 Å². The van der Waals surface area contributed by atoms with E-state index in [1.54, 1.807) is 32.5 Å². The van der Waals surface area contributed by atoms with Crippen molar-refractivity contribution in [2.24, 2.45) is 0 Å². The Balaban J connectivity index is 1.58. The highest BCUT2D eigenvalue weighted by Crippen LogP contribution is 2.26. The van der Waals surface area contributed by atoms with E-state index < -0.39 is 6.04 Å². The molecule has 0 spiro atoms. The lowest BCUT2D eigenvalue weighted by molar-refractivity contribution is -0.127. The zero-order valence-corrected chi connectivity index (χ0v) is 21.2. The number of rotatable bonds is 9. The van der Waals surface area contributed by atoms with E-state index in [-0.39, 0.29) is 18.2 Å². The molecular formula is C29H32N4O3. The van der Waals surface area contributed by atoms with Crippen LogP contribution >= 0.6 is 0 Å². The van der Waals surface area contributed by atoms with Crippen LogP contribution in [0.4, 0.5) is 5.69 Å². The number of aromatic nitrogens is 2. The van der Waals surface area contributed by atoms with Gasteiger partial charge in [-0.05, 0) is 37.1 Å². The first kappa shape index (κ1) is 25.0. The van der Waals surface area contributed by atoms with E-state index in [1.165, 1.54) is 4.90 Å². The molecule has 0 saturated carbocycles. The topological polar surface area (TPSA) is 76.5 Å². The van der Waals surface area contributed by atoms with Crippen LogP contribution in [0.15, 0.2) is 72.9 Å². The van der Waals surface area contributed by atoms with Crippen molar-refractivity contribution in [2.75, 3.05) is 19.1 Å². The van der Waals surface area contributed by atoms with Gasteiger partial charge in [0.2, 0.25) is 17.7 Å². The van der Waals surface area contributed by atoms with Crippen LogP contribution in [0.2, 0.25) is 0 Å². The molecule has 2 aromatic heterocycles. The minimum absolute atomic E-state index is 0.187. The molecule has 0 radical (unpaired) electrons. The zero-order valence-electron chi connectivity index (χ0n) is 21.2. The summed E-state index contributed by atoms with van der Waals surface area (Å²) in [5.41, 5.74) is 4.76. The number of nitrogens with zero attached hydrogens (tertiary/aromatic N) is 3. The van der Waals surface area contributed by atoms with Crippen molar-refractivity contribution in [2.45, 2.75) is 39.3 Å². The highest BCUT2D eigenvalue weighted by atomic mass is 16.5. The monoisotopic (exact) mass is 484 g/mol. The second-order valence-electron chi connectivity index (χ2n) is 8.77. The normalized spacial score (nSPS) is 11.8. The molecule has 1 N–H and O–H groups in total. The SMILES string of the molecule is CCn1c(C)c(CC(=O)N[C@@H](Cc2ccccc2)C(=O)N(C)c2ccc(OC)nc2)c2ccccc21. The highest BCUT2D eigenvalue weighted by Gasteiger charge is 2.26. The number of amides is 2. The van der Waals surface area contributed by atoms with E-state index in [0.717, 1.165) is 34.3 Å². The largest absolute Gasteiger partial charge is 0.481 e. The number of ether oxygens (including phenoxy) is 1. The Morgan fingerprint density at radius 3 is 2.44 bits per heavy atom. The molecule has 7 nitrogen and oxygen atoms in total. The number of hydrogen-bond acceptors (Lipinski definition) is 4. The summed E-state index contributed by atoms with van der Waals surface area (Å²) >= 11 is 0. The van der Waals surface area contributed by atoms with Gasteiger partial charge in [-0.15, -0.1) is 0 Å². The molecule has 0 aliphatic carbocycles. The number of pyridine rings is 1. The van der Waals surface area contributed by atoms with Crippen molar-refractivity contribution in [1.82, 2.24) is 14.9 Å². The Labute approximate surface area is 211 Å². The minimum atomic E-state index is -0.730. The number of methoxy groups -OCH3 is 1. The summed E-state index contributed by atoms with van der Waals surface area (Å²) in [6.07, 6.45) is 2.17. The predicted octanol–water partition coefficient (Wildman–Crippen LogP) is 4.31. The molecule has 0 unspecified atom stereocenters. The summed E-state index contributed by atoms with van der Waals surface area (Å²) < 4.78 is 7.34. The van der Waals surface area contributed by atoms with Crippen LogP contribution in [0.3, 0.4) is 0 Å². The average molecular weight is 485 g/mol. The molecule has 2 heterocycles. The lowest BCUT2D eigenvalue weighted by Crippen LogP contribution is -2.49. The summed E-state index contributed by atoms with van der Waals surface area (Å²) in [5, 5.41) is 4.09. The first-order chi connectivity index (χ1) is 17.4. The first-order valence-corrected chi connectivity index (χ1v) is 12.1. The molecule has 0 bridgehead atoms. The fraction of sp³-hybridized carbons (Fsp3) is 0.276. The number of carbonyl (C=O) groups excluding carboxylic acids is 2. The van der Waals surface area contributed by atoms with Crippen LogP contribution in [0.25, 0.3) is 10.9 Å². The predicted molar refractivity (Wildman–Crippen MR) is 142 cm³/mol. The number of hydrogen-bond donors (Lipinski definition) is 1. The smallest absolute Gasteiger partial charge is 0.249 e. The average Bonchev–Trinajstić information content (AvgIpc) is 3.18. The molecule has 4 rings (SSSR count). The Morgan fingerprint density at radius 1 is 1.06 bits per heavy atom. The highest BCUT2D eigenvalue weighted by molar-refractivity contribution is 5.99. The van der Waals surface area contributed by atoms with Gasteiger partial charge in [-0.2, -0.15) is 0 Å². The van der Waals surface area contributed by atoms with Gasteiger partial charge in [-0.3, -0.25) is 9.59 Å². The van der Waals surface area contributed by atoms with Crippen LogP contribution in [0.1, 0.15) is 23.7 Å². The number of aryl methyl sites for hydroxylation is 1. The van der Waals surface area contributed by atoms with E-state index in [0.29, 0.717) is 18.0 Å². The Hall–Kier alpha value is -4.13. The summed E-state index contributed by atoms with van der Waals surface area (Å²) in [4.78, 5) is 32.6. The molecule has 0 aliphatic rings. The first-order valence-electron chi connectivity index (χ1n) is 12.1. The number of fused-ring (bicyclic) bond motifs is 1. The molecule has 2 aromatic carbocycles. The number of anilines is 1. The summed E-state index contributed by atoms with van der Waals surface area (Å²) in [7, 11) is 3.23. The lowest BCUT2D eigenvalue weighted by Gasteiger charge is -2.25. The van der Waals surface area contributed by atoms with Crippen LogP contribution < -0.4 is 15.0 Å². The van der Waals surface area contributed by atoms with Crippen LogP contribution in [-0.4, -0.2) is 41.6 Å². The number of nitrogens with one attached hydrogen (secondary N) is 1. The third-order valence-corrected chi connectivity index (χ3v) is 6.58. The summed E-state index contributed by atoms with van der Waals surface area (Å²) in [5.74, 6) is 0.0647. The molecule has 1 atom stereocenters. The van der Waals surface area contributed by atoms with E-state index in [2.05, 4.69) is 27.9 Å². The van der Waals surface area contributed by atoms with Crippen molar-refractivity contribution in [3.05, 3.63) is 89.7 Å². The van der Waals surface area contributed by atoms with Crippen LogP contribution in [0, 0.1) is 6.92 Å². The van der Waals surface area contributed by atoms with Gasteiger partial charge in [0.15, 0.2) is 0 Å². The van der Waals surface area contributed by atoms with Gasteiger partial charge in [0.05, 0.1) is 25.4 Å². The van der Waals surface area contributed by atoms with Gasteiger partial charge in [-0.1, -0.05) is 48.5 Å². The zero-order chi connectivity index (χ0) is 25.7. The van der Waals surface area contributed by atoms with Crippen molar-refractivity contribution in [1.29, 1.82) is 0 Å². The number of para-hydroxylation sites is 1. The molecule has 186 valence electrons. The van der Waals surface area contributed by atoms with Gasteiger partial charge in [0, 0.05) is 42.7 Å². The Morgan fingerprint density at radius 2 is 1.78 bits per heavy atom. The molecule has 0 fully saturated rings. The maximum Gasteiger partial charge on any atom is 0.249 e. The molecule has 0 aliphatic heterocycles. The maximum atomic E-state index is 13.6.